The standard InChI is InChI=1S/C17H25NO3/c1-3-21-16(19)17(12-8-7-11-15(17)20-2)18-13-14-9-5-4-6-10-14/h4-6,9-10,15,18H,3,7-8,11-13H2,1-2H3. The van der Waals surface area contributed by atoms with Crippen molar-refractivity contribution in [2.75, 3.05) is 13.7 Å². The predicted molar refractivity (Wildman–Crippen MR) is 81.9 cm³/mol. The van der Waals surface area contributed by atoms with Gasteiger partial charge in [0, 0.05) is 13.7 Å². The van der Waals surface area contributed by atoms with Crippen LogP contribution >= 0.6 is 0 Å². The Morgan fingerprint density at radius 2 is 2.10 bits per heavy atom. The van der Waals surface area contributed by atoms with Gasteiger partial charge in [0.2, 0.25) is 0 Å². The minimum atomic E-state index is -0.723. The number of carbonyl (C=O) groups excluding carboxylic acids is 1. The molecule has 0 radical (unpaired) electrons. The van der Waals surface area contributed by atoms with Crippen molar-refractivity contribution < 1.29 is 14.3 Å². The summed E-state index contributed by atoms with van der Waals surface area (Å²) in [6, 6.07) is 10.1. The lowest BCUT2D eigenvalue weighted by atomic mass is 9.78. The van der Waals surface area contributed by atoms with E-state index in [1.807, 2.05) is 25.1 Å². The number of hydrogen-bond donors (Lipinski definition) is 1. The average molecular weight is 291 g/mol. The molecule has 21 heavy (non-hydrogen) atoms. The first-order valence-electron chi connectivity index (χ1n) is 7.72. The van der Waals surface area contributed by atoms with Crippen LogP contribution in [0.2, 0.25) is 0 Å². The molecule has 1 fully saturated rings. The Hall–Kier alpha value is -1.39. The van der Waals surface area contributed by atoms with E-state index in [0.717, 1.165) is 31.2 Å². The average Bonchev–Trinajstić information content (AvgIpc) is 2.54. The number of carbonyl (C=O) groups is 1. The van der Waals surface area contributed by atoms with Crippen molar-refractivity contribution >= 4 is 5.97 Å². The van der Waals surface area contributed by atoms with Gasteiger partial charge in [-0.05, 0) is 25.3 Å². The first-order chi connectivity index (χ1) is 10.2. The van der Waals surface area contributed by atoms with E-state index in [9.17, 15) is 4.79 Å². The minimum absolute atomic E-state index is 0.131. The van der Waals surface area contributed by atoms with E-state index < -0.39 is 5.54 Å². The predicted octanol–water partition coefficient (Wildman–Crippen LogP) is 2.67. The second-order valence-corrected chi connectivity index (χ2v) is 5.50. The van der Waals surface area contributed by atoms with E-state index >= 15 is 0 Å². The fourth-order valence-electron chi connectivity index (χ4n) is 3.08. The third kappa shape index (κ3) is 3.63. The number of ether oxygens (including phenoxy) is 2. The molecule has 2 rings (SSSR count). The number of esters is 1. The van der Waals surface area contributed by atoms with Crippen molar-refractivity contribution in [3.05, 3.63) is 35.9 Å². The monoisotopic (exact) mass is 291 g/mol. The fourth-order valence-corrected chi connectivity index (χ4v) is 3.08. The summed E-state index contributed by atoms with van der Waals surface area (Å²) in [5.41, 5.74) is 0.431. The first-order valence-corrected chi connectivity index (χ1v) is 7.72. The number of hydrogen-bond acceptors (Lipinski definition) is 4. The van der Waals surface area contributed by atoms with Crippen LogP contribution < -0.4 is 5.32 Å². The molecule has 1 aromatic rings. The Bertz CT molecular complexity index is 449. The zero-order chi connectivity index (χ0) is 15.1. The summed E-state index contributed by atoms with van der Waals surface area (Å²) in [6.45, 7) is 2.87. The van der Waals surface area contributed by atoms with Gasteiger partial charge in [0.15, 0.2) is 0 Å². The van der Waals surface area contributed by atoms with Gasteiger partial charge in [0.1, 0.15) is 5.54 Å². The summed E-state index contributed by atoms with van der Waals surface area (Å²) in [6.07, 6.45) is 3.62. The van der Waals surface area contributed by atoms with Gasteiger partial charge in [-0.15, -0.1) is 0 Å². The van der Waals surface area contributed by atoms with Crippen LogP contribution in [-0.4, -0.2) is 31.3 Å². The zero-order valence-electron chi connectivity index (χ0n) is 12.9. The molecule has 1 N–H and O–H groups in total. The van der Waals surface area contributed by atoms with Crippen molar-refractivity contribution in [2.24, 2.45) is 0 Å². The highest BCUT2D eigenvalue weighted by Gasteiger charge is 2.48. The van der Waals surface area contributed by atoms with E-state index in [0.29, 0.717) is 13.2 Å². The van der Waals surface area contributed by atoms with Gasteiger partial charge < -0.3 is 9.47 Å². The van der Waals surface area contributed by atoms with E-state index in [4.69, 9.17) is 9.47 Å². The van der Waals surface area contributed by atoms with Crippen LogP contribution in [0.15, 0.2) is 30.3 Å². The third-order valence-electron chi connectivity index (χ3n) is 4.21. The van der Waals surface area contributed by atoms with E-state index in [1.165, 1.54) is 0 Å². The molecule has 1 aliphatic carbocycles. The summed E-state index contributed by atoms with van der Waals surface area (Å²) in [7, 11) is 1.67. The molecular formula is C17H25NO3. The van der Waals surface area contributed by atoms with E-state index in [2.05, 4.69) is 17.4 Å². The normalized spacial score (nSPS) is 25.5. The molecule has 2 unspecified atom stereocenters. The van der Waals surface area contributed by atoms with Gasteiger partial charge in [-0.1, -0.05) is 43.2 Å². The van der Waals surface area contributed by atoms with Crippen LogP contribution in [0.3, 0.4) is 0 Å². The molecule has 1 aliphatic rings. The van der Waals surface area contributed by atoms with Crippen molar-refractivity contribution in [3.8, 4) is 0 Å². The molecule has 0 bridgehead atoms. The Labute approximate surface area is 126 Å². The molecule has 0 heterocycles. The quantitative estimate of drug-likeness (QED) is 0.819. The van der Waals surface area contributed by atoms with E-state index in [1.54, 1.807) is 7.11 Å². The highest BCUT2D eigenvalue weighted by atomic mass is 16.5. The summed E-state index contributed by atoms with van der Waals surface area (Å²) in [5, 5.41) is 3.44. The van der Waals surface area contributed by atoms with Gasteiger partial charge in [0.25, 0.3) is 0 Å². The smallest absolute Gasteiger partial charge is 0.329 e. The summed E-state index contributed by atoms with van der Waals surface area (Å²) < 4.78 is 10.9. The number of methoxy groups -OCH3 is 1. The fraction of sp³-hybridized carbons (Fsp3) is 0.588. The molecule has 2 atom stereocenters. The second-order valence-electron chi connectivity index (χ2n) is 5.50. The summed E-state index contributed by atoms with van der Waals surface area (Å²) >= 11 is 0. The second kappa shape index (κ2) is 7.57. The Morgan fingerprint density at radius 1 is 1.33 bits per heavy atom. The highest BCUT2D eigenvalue weighted by Crippen LogP contribution is 2.32. The molecular weight excluding hydrogens is 266 g/mol. The topological polar surface area (TPSA) is 47.6 Å². The number of nitrogens with one attached hydrogen (secondary N) is 1. The zero-order valence-corrected chi connectivity index (χ0v) is 12.9. The van der Waals surface area contributed by atoms with Crippen molar-refractivity contribution in [3.63, 3.8) is 0 Å². The van der Waals surface area contributed by atoms with Gasteiger partial charge in [-0.3, -0.25) is 5.32 Å². The Morgan fingerprint density at radius 3 is 2.76 bits per heavy atom. The van der Waals surface area contributed by atoms with Gasteiger partial charge in [-0.2, -0.15) is 0 Å². The lowest BCUT2D eigenvalue weighted by Gasteiger charge is -2.41. The van der Waals surface area contributed by atoms with Gasteiger partial charge in [0.05, 0.1) is 12.7 Å². The van der Waals surface area contributed by atoms with Crippen LogP contribution in [0.1, 0.15) is 38.2 Å². The van der Waals surface area contributed by atoms with Crippen LogP contribution in [0, 0.1) is 0 Å². The maximum Gasteiger partial charge on any atom is 0.329 e. The van der Waals surface area contributed by atoms with E-state index in [-0.39, 0.29) is 12.1 Å². The minimum Gasteiger partial charge on any atom is -0.465 e. The molecule has 0 aromatic heterocycles. The summed E-state index contributed by atoms with van der Waals surface area (Å²) in [5.74, 6) is -0.188. The van der Waals surface area contributed by atoms with Crippen molar-refractivity contribution in [2.45, 2.75) is 50.8 Å². The lowest BCUT2D eigenvalue weighted by Crippen LogP contribution is -2.62. The van der Waals surface area contributed by atoms with Crippen molar-refractivity contribution in [1.82, 2.24) is 5.32 Å². The number of rotatable bonds is 6. The van der Waals surface area contributed by atoms with Gasteiger partial charge >= 0.3 is 5.97 Å². The maximum atomic E-state index is 12.5. The molecule has 0 saturated heterocycles. The van der Waals surface area contributed by atoms with Crippen molar-refractivity contribution in [1.29, 1.82) is 0 Å². The molecule has 4 nitrogen and oxygen atoms in total. The van der Waals surface area contributed by atoms with Gasteiger partial charge in [-0.25, -0.2) is 4.79 Å². The molecule has 1 saturated carbocycles. The molecule has 4 heteroatoms. The molecule has 0 aliphatic heterocycles. The third-order valence-corrected chi connectivity index (χ3v) is 4.21. The molecule has 0 amide bonds. The maximum absolute atomic E-state index is 12.5. The van der Waals surface area contributed by atoms with Crippen LogP contribution in [0.25, 0.3) is 0 Å². The number of benzene rings is 1. The highest BCUT2D eigenvalue weighted by molar-refractivity contribution is 5.82. The first kappa shape index (κ1) is 16.0. The van der Waals surface area contributed by atoms with Crippen LogP contribution in [-0.2, 0) is 20.8 Å². The molecule has 116 valence electrons. The largest absolute Gasteiger partial charge is 0.465 e. The molecule has 0 spiro atoms. The van der Waals surface area contributed by atoms with Crippen LogP contribution in [0.5, 0.6) is 0 Å². The van der Waals surface area contributed by atoms with Crippen LogP contribution in [0.4, 0.5) is 0 Å². The summed E-state index contributed by atoms with van der Waals surface area (Å²) in [4.78, 5) is 12.5. The SMILES string of the molecule is CCOC(=O)C1(NCc2ccccc2)CCCCC1OC. The Kier molecular flexibility index (Phi) is 5.76. The Balaban J connectivity index is 2.16. The molecule has 1 aromatic carbocycles. The lowest BCUT2D eigenvalue weighted by molar-refractivity contribution is -0.161.